The van der Waals surface area contributed by atoms with Crippen molar-refractivity contribution in [3.63, 3.8) is 0 Å². The van der Waals surface area contributed by atoms with Gasteiger partial charge < -0.3 is 0 Å². The third-order valence-electron chi connectivity index (χ3n) is 2.13. The van der Waals surface area contributed by atoms with Gasteiger partial charge in [0.25, 0.3) is 0 Å². The van der Waals surface area contributed by atoms with Gasteiger partial charge in [0.2, 0.25) is 0 Å². The lowest BCUT2D eigenvalue weighted by atomic mass is 10.1. The summed E-state index contributed by atoms with van der Waals surface area (Å²) in [7, 11) is 0. The third kappa shape index (κ3) is 2.11. The maximum absolute atomic E-state index is 5.69. The monoisotopic (exact) mass is 205 g/mol. The zero-order chi connectivity index (χ0) is 8.43. The van der Waals surface area contributed by atoms with Crippen molar-refractivity contribution in [1.82, 2.24) is 4.98 Å². The van der Waals surface area contributed by atoms with Crippen molar-refractivity contribution in [1.29, 1.82) is 0 Å². The van der Waals surface area contributed by atoms with E-state index in [2.05, 4.69) is 25.8 Å². The summed E-state index contributed by atoms with van der Waals surface area (Å²) >= 11 is 5.69. The van der Waals surface area contributed by atoms with Crippen molar-refractivity contribution in [2.24, 2.45) is 0 Å². The summed E-state index contributed by atoms with van der Waals surface area (Å²) in [5, 5.41) is 0. The van der Waals surface area contributed by atoms with Gasteiger partial charge in [-0.25, -0.2) is 0 Å². The standard InChI is InChI=1S/C9H12ClN.ClH/c1-6-5-11-9(4-10)8(3)7(6)2;/h5H,4H2,1-3H3;1H. The van der Waals surface area contributed by atoms with E-state index in [4.69, 9.17) is 11.6 Å². The zero-order valence-electron chi connectivity index (χ0n) is 7.52. The molecule has 1 rings (SSSR count). The first-order valence-electron chi connectivity index (χ1n) is 3.64. The van der Waals surface area contributed by atoms with Gasteiger partial charge in [0.05, 0.1) is 11.6 Å². The molecule has 68 valence electrons. The number of alkyl halides is 1. The second kappa shape index (κ2) is 4.68. The van der Waals surface area contributed by atoms with Crippen LogP contribution in [0.2, 0.25) is 0 Å². The molecule has 0 bridgehead atoms. The molecule has 1 aromatic heterocycles. The van der Waals surface area contributed by atoms with Crippen LogP contribution in [0.15, 0.2) is 6.20 Å². The Balaban J connectivity index is 0.00000121. The average molecular weight is 206 g/mol. The van der Waals surface area contributed by atoms with Crippen LogP contribution in [0.3, 0.4) is 0 Å². The minimum absolute atomic E-state index is 0. The predicted octanol–water partition coefficient (Wildman–Crippen LogP) is 3.17. The molecule has 3 heteroatoms. The van der Waals surface area contributed by atoms with Crippen LogP contribution in [0.5, 0.6) is 0 Å². The van der Waals surface area contributed by atoms with Crippen LogP contribution in [-0.2, 0) is 5.88 Å². The van der Waals surface area contributed by atoms with E-state index in [1.165, 1.54) is 16.7 Å². The Morgan fingerprint density at radius 2 is 1.83 bits per heavy atom. The van der Waals surface area contributed by atoms with Crippen molar-refractivity contribution >= 4 is 24.0 Å². The number of nitrogens with zero attached hydrogens (tertiary/aromatic N) is 1. The first kappa shape index (κ1) is 11.7. The van der Waals surface area contributed by atoms with Gasteiger partial charge in [-0.15, -0.1) is 24.0 Å². The van der Waals surface area contributed by atoms with Gasteiger partial charge in [-0.2, -0.15) is 0 Å². The fourth-order valence-electron chi connectivity index (χ4n) is 1.02. The second-order valence-electron chi connectivity index (χ2n) is 2.77. The van der Waals surface area contributed by atoms with Crippen LogP contribution >= 0.6 is 24.0 Å². The van der Waals surface area contributed by atoms with E-state index in [1.54, 1.807) is 0 Å². The second-order valence-corrected chi connectivity index (χ2v) is 3.04. The number of halogens is 2. The van der Waals surface area contributed by atoms with Crippen molar-refractivity contribution in [2.45, 2.75) is 26.7 Å². The maximum atomic E-state index is 5.69. The summed E-state index contributed by atoms with van der Waals surface area (Å²) in [6.07, 6.45) is 1.88. The molecule has 0 aliphatic rings. The van der Waals surface area contributed by atoms with Crippen LogP contribution in [0, 0.1) is 20.8 Å². The summed E-state index contributed by atoms with van der Waals surface area (Å²) in [6, 6.07) is 0. The van der Waals surface area contributed by atoms with Gasteiger partial charge in [0.1, 0.15) is 0 Å². The summed E-state index contributed by atoms with van der Waals surface area (Å²) in [6.45, 7) is 6.22. The number of hydrogen-bond acceptors (Lipinski definition) is 1. The first-order chi connectivity index (χ1) is 5.16. The third-order valence-corrected chi connectivity index (χ3v) is 2.38. The summed E-state index contributed by atoms with van der Waals surface area (Å²) in [4.78, 5) is 4.23. The van der Waals surface area contributed by atoms with Crippen LogP contribution < -0.4 is 0 Å². The molecule has 0 fully saturated rings. The number of hydrogen-bond donors (Lipinski definition) is 0. The molecule has 0 aromatic carbocycles. The summed E-state index contributed by atoms with van der Waals surface area (Å²) in [5.41, 5.74) is 4.75. The Labute approximate surface area is 84.6 Å². The SMILES string of the molecule is Cc1cnc(CCl)c(C)c1C.Cl. The maximum Gasteiger partial charge on any atom is 0.0650 e. The zero-order valence-corrected chi connectivity index (χ0v) is 9.09. The Morgan fingerprint density at radius 1 is 1.25 bits per heavy atom. The molecule has 0 unspecified atom stereocenters. The molecular weight excluding hydrogens is 193 g/mol. The average Bonchev–Trinajstić information content (AvgIpc) is 2.01. The van der Waals surface area contributed by atoms with Gasteiger partial charge in [-0.05, 0) is 37.5 Å². The molecule has 0 amide bonds. The van der Waals surface area contributed by atoms with Crippen molar-refractivity contribution < 1.29 is 0 Å². The minimum Gasteiger partial charge on any atom is -0.259 e. The molecule has 1 heterocycles. The lowest BCUT2D eigenvalue weighted by Gasteiger charge is -2.06. The van der Waals surface area contributed by atoms with E-state index in [0.717, 1.165) is 5.69 Å². The van der Waals surface area contributed by atoms with E-state index in [-0.39, 0.29) is 12.4 Å². The number of aryl methyl sites for hydroxylation is 1. The van der Waals surface area contributed by atoms with Gasteiger partial charge in [-0.1, -0.05) is 0 Å². The van der Waals surface area contributed by atoms with Crippen molar-refractivity contribution in [3.8, 4) is 0 Å². The number of rotatable bonds is 1. The molecule has 0 atom stereocenters. The molecule has 0 aliphatic carbocycles. The number of pyridine rings is 1. The lowest BCUT2D eigenvalue weighted by molar-refractivity contribution is 1.07. The highest BCUT2D eigenvalue weighted by atomic mass is 35.5. The molecule has 0 radical (unpaired) electrons. The molecule has 0 saturated carbocycles. The Morgan fingerprint density at radius 3 is 2.33 bits per heavy atom. The fraction of sp³-hybridized carbons (Fsp3) is 0.444. The van der Waals surface area contributed by atoms with Gasteiger partial charge in [0, 0.05) is 6.20 Å². The van der Waals surface area contributed by atoms with E-state index in [1.807, 2.05) is 6.20 Å². The Hall–Kier alpha value is -0.270. The smallest absolute Gasteiger partial charge is 0.0650 e. The molecule has 1 nitrogen and oxygen atoms in total. The molecular formula is C9H13Cl2N. The quantitative estimate of drug-likeness (QED) is 0.643. The van der Waals surface area contributed by atoms with Gasteiger partial charge in [-0.3, -0.25) is 4.98 Å². The molecule has 0 N–H and O–H groups in total. The lowest BCUT2D eigenvalue weighted by Crippen LogP contribution is -1.95. The van der Waals surface area contributed by atoms with E-state index in [0.29, 0.717) is 5.88 Å². The van der Waals surface area contributed by atoms with Crippen molar-refractivity contribution in [2.75, 3.05) is 0 Å². The van der Waals surface area contributed by atoms with Crippen LogP contribution in [-0.4, -0.2) is 4.98 Å². The topological polar surface area (TPSA) is 12.9 Å². The van der Waals surface area contributed by atoms with Crippen LogP contribution in [0.25, 0.3) is 0 Å². The van der Waals surface area contributed by atoms with E-state index < -0.39 is 0 Å². The minimum atomic E-state index is 0. The Bertz CT molecular complexity index is 271. The number of aromatic nitrogens is 1. The van der Waals surface area contributed by atoms with Crippen molar-refractivity contribution in [3.05, 3.63) is 28.6 Å². The first-order valence-corrected chi connectivity index (χ1v) is 4.18. The Kier molecular flexibility index (Phi) is 4.58. The van der Waals surface area contributed by atoms with E-state index in [9.17, 15) is 0 Å². The van der Waals surface area contributed by atoms with E-state index >= 15 is 0 Å². The molecule has 0 spiro atoms. The van der Waals surface area contributed by atoms with Crippen LogP contribution in [0.1, 0.15) is 22.4 Å². The van der Waals surface area contributed by atoms with Gasteiger partial charge >= 0.3 is 0 Å². The summed E-state index contributed by atoms with van der Waals surface area (Å²) in [5.74, 6) is 0.507. The molecule has 1 aromatic rings. The summed E-state index contributed by atoms with van der Waals surface area (Å²) < 4.78 is 0. The molecule has 12 heavy (non-hydrogen) atoms. The fourth-order valence-corrected chi connectivity index (χ4v) is 1.28. The highest BCUT2D eigenvalue weighted by Gasteiger charge is 2.02. The highest BCUT2D eigenvalue weighted by Crippen LogP contribution is 2.15. The van der Waals surface area contributed by atoms with Crippen LogP contribution in [0.4, 0.5) is 0 Å². The largest absolute Gasteiger partial charge is 0.259 e. The normalized spacial score (nSPS) is 9.33. The highest BCUT2D eigenvalue weighted by molar-refractivity contribution is 6.17. The predicted molar refractivity (Wildman–Crippen MR) is 55.3 cm³/mol. The van der Waals surface area contributed by atoms with Gasteiger partial charge in [0.15, 0.2) is 0 Å². The molecule has 0 saturated heterocycles. The molecule has 0 aliphatic heterocycles.